The zero-order chi connectivity index (χ0) is 10.4. The number of aromatic nitrogens is 2. The van der Waals surface area contributed by atoms with E-state index < -0.39 is 0 Å². The van der Waals surface area contributed by atoms with Gasteiger partial charge in [0, 0.05) is 31.8 Å². The SMILES string of the molecule is CNc1nc(C)cc(OCCCO)n1. The Bertz CT molecular complexity index is 291. The van der Waals surface area contributed by atoms with Crippen LogP contribution in [0.15, 0.2) is 6.07 Å². The highest BCUT2D eigenvalue weighted by molar-refractivity contribution is 5.29. The maximum atomic E-state index is 8.57. The molecule has 0 unspecified atom stereocenters. The first kappa shape index (κ1) is 10.7. The minimum Gasteiger partial charge on any atom is -0.477 e. The van der Waals surface area contributed by atoms with Gasteiger partial charge in [0.15, 0.2) is 0 Å². The van der Waals surface area contributed by atoms with Gasteiger partial charge in [-0.15, -0.1) is 0 Å². The van der Waals surface area contributed by atoms with Gasteiger partial charge in [0.25, 0.3) is 0 Å². The average Bonchev–Trinajstić information content (AvgIpc) is 2.17. The van der Waals surface area contributed by atoms with E-state index in [2.05, 4.69) is 15.3 Å². The second-order valence-electron chi connectivity index (χ2n) is 2.85. The van der Waals surface area contributed by atoms with Crippen molar-refractivity contribution in [3.63, 3.8) is 0 Å². The van der Waals surface area contributed by atoms with Gasteiger partial charge >= 0.3 is 0 Å². The summed E-state index contributed by atoms with van der Waals surface area (Å²) in [6, 6.07) is 1.76. The van der Waals surface area contributed by atoms with Crippen molar-refractivity contribution >= 4 is 5.95 Å². The second kappa shape index (κ2) is 5.39. The molecule has 2 N–H and O–H groups in total. The predicted octanol–water partition coefficient (Wildman–Crippen LogP) is 0.588. The van der Waals surface area contributed by atoms with Gasteiger partial charge in [-0.05, 0) is 6.92 Å². The third-order valence-corrected chi connectivity index (χ3v) is 1.61. The van der Waals surface area contributed by atoms with Crippen molar-refractivity contribution in [1.29, 1.82) is 0 Å². The number of rotatable bonds is 5. The summed E-state index contributed by atoms with van der Waals surface area (Å²) >= 11 is 0. The summed E-state index contributed by atoms with van der Waals surface area (Å²) in [5.74, 6) is 1.08. The molecule has 0 bridgehead atoms. The van der Waals surface area contributed by atoms with Crippen molar-refractivity contribution < 1.29 is 9.84 Å². The van der Waals surface area contributed by atoms with Crippen molar-refractivity contribution in [3.05, 3.63) is 11.8 Å². The summed E-state index contributed by atoms with van der Waals surface area (Å²) in [5, 5.41) is 11.4. The smallest absolute Gasteiger partial charge is 0.225 e. The van der Waals surface area contributed by atoms with E-state index >= 15 is 0 Å². The Hall–Kier alpha value is -1.36. The van der Waals surface area contributed by atoms with Gasteiger partial charge in [-0.1, -0.05) is 0 Å². The summed E-state index contributed by atoms with van der Waals surface area (Å²) in [4.78, 5) is 8.23. The van der Waals surface area contributed by atoms with E-state index in [0.717, 1.165) is 5.69 Å². The van der Waals surface area contributed by atoms with Crippen LogP contribution in [-0.4, -0.2) is 35.3 Å². The first-order valence-corrected chi connectivity index (χ1v) is 4.53. The molecule has 78 valence electrons. The third-order valence-electron chi connectivity index (χ3n) is 1.61. The van der Waals surface area contributed by atoms with Gasteiger partial charge in [-0.2, -0.15) is 4.98 Å². The molecule has 14 heavy (non-hydrogen) atoms. The van der Waals surface area contributed by atoms with Gasteiger partial charge < -0.3 is 15.2 Å². The van der Waals surface area contributed by atoms with Crippen LogP contribution < -0.4 is 10.1 Å². The van der Waals surface area contributed by atoms with E-state index in [1.807, 2.05) is 6.92 Å². The highest BCUT2D eigenvalue weighted by atomic mass is 16.5. The molecule has 0 amide bonds. The lowest BCUT2D eigenvalue weighted by molar-refractivity contribution is 0.229. The molecular formula is C9H15N3O2. The van der Waals surface area contributed by atoms with Crippen LogP contribution in [0, 0.1) is 6.92 Å². The quantitative estimate of drug-likeness (QED) is 0.676. The first-order chi connectivity index (χ1) is 6.76. The molecule has 1 aromatic heterocycles. The molecule has 1 rings (SSSR count). The van der Waals surface area contributed by atoms with Crippen molar-refractivity contribution in [2.75, 3.05) is 25.6 Å². The van der Waals surface area contributed by atoms with E-state index in [0.29, 0.717) is 24.9 Å². The van der Waals surface area contributed by atoms with Crippen LogP contribution in [0.4, 0.5) is 5.95 Å². The molecule has 0 spiro atoms. The Morgan fingerprint density at radius 3 is 2.93 bits per heavy atom. The van der Waals surface area contributed by atoms with Crippen LogP contribution >= 0.6 is 0 Å². The summed E-state index contributed by atoms with van der Waals surface area (Å²) in [7, 11) is 1.76. The number of aliphatic hydroxyl groups excluding tert-OH is 1. The molecule has 5 heteroatoms. The lowest BCUT2D eigenvalue weighted by Gasteiger charge is -2.06. The fraction of sp³-hybridized carbons (Fsp3) is 0.556. The molecule has 0 atom stereocenters. The number of hydrogen-bond acceptors (Lipinski definition) is 5. The van der Waals surface area contributed by atoms with Crippen LogP contribution in [0.5, 0.6) is 5.88 Å². The van der Waals surface area contributed by atoms with Gasteiger partial charge in [0.1, 0.15) is 0 Å². The number of nitrogens with one attached hydrogen (secondary N) is 1. The van der Waals surface area contributed by atoms with Crippen LogP contribution in [0.1, 0.15) is 12.1 Å². The molecule has 0 aliphatic rings. The molecule has 0 radical (unpaired) electrons. The maximum absolute atomic E-state index is 8.57. The number of ether oxygens (including phenoxy) is 1. The van der Waals surface area contributed by atoms with Crippen LogP contribution in [0.25, 0.3) is 0 Å². The number of aliphatic hydroxyl groups is 1. The summed E-state index contributed by atoms with van der Waals surface area (Å²) in [6.07, 6.45) is 0.609. The van der Waals surface area contributed by atoms with Crippen LogP contribution in [-0.2, 0) is 0 Å². The third kappa shape index (κ3) is 3.18. The minimum atomic E-state index is 0.128. The Labute approximate surface area is 83.2 Å². The van der Waals surface area contributed by atoms with Crippen LogP contribution in [0.2, 0.25) is 0 Å². The molecule has 5 nitrogen and oxygen atoms in total. The molecule has 0 saturated carbocycles. The van der Waals surface area contributed by atoms with Crippen molar-refractivity contribution in [1.82, 2.24) is 9.97 Å². The van der Waals surface area contributed by atoms with Gasteiger partial charge in [-0.25, -0.2) is 4.98 Å². The molecule has 0 fully saturated rings. The van der Waals surface area contributed by atoms with E-state index in [1.165, 1.54) is 0 Å². The Balaban J connectivity index is 2.62. The molecule has 0 aromatic carbocycles. The van der Waals surface area contributed by atoms with E-state index in [9.17, 15) is 0 Å². The Kier molecular flexibility index (Phi) is 4.12. The summed E-state index contributed by atoms with van der Waals surface area (Å²) in [5.41, 5.74) is 0.850. The predicted molar refractivity (Wildman–Crippen MR) is 53.5 cm³/mol. The Morgan fingerprint density at radius 1 is 1.50 bits per heavy atom. The van der Waals surface area contributed by atoms with Gasteiger partial charge in [0.2, 0.25) is 11.8 Å². The van der Waals surface area contributed by atoms with E-state index in [1.54, 1.807) is 13.1 Å². The number of hydrogen-bond donors (Lipinski definition) is 2. The number of anilines is 1. The standard InChI is InChI=1S/C9H15N3O2/c1-7-6-8(14-5-3-4-13)12-9(10-2)11-7/h6,13H,3-5H2,1-2H3,(H,10,11,12). The lowest BCUT2D eigenvalue weighted by Crippen LogP contribution is -2.04. The molecule has 1 aromatic rings. The van der Waals surface area contributed by atoms with Crippen molar-refractivity contribution in [3.8, 4) is 5.88 Å². The molecule has 1 heterocycles. The minimum absolute atomic E-state index is 0.128. The topological polar surface area (TPSA) is 67.3 Å². The largest absolute Gasteiger partial charge is 0.477 e. The first-order valence-electron chi connectivity index (χ1n) is 4.53. The summed E-state index contributed by atoms with van der Waals surface area (Å²) in [6.45, 7) is 2.47. The zero-order valence-electron chi connectivity index (χ0n) is 8.45. The normalized spacial score (nSPS) is 9.93. The lowest BCUT2D eigenvalue weighted by atomic mass is 10.4. The van der Waals surface area contributed by atoms with Gasteiger partial charge in [-0.3, -0.25) is 0 Å². The summed E-state index contributed by atoms with van der Waals surface area (Å²) < 4.78 is 5.32. The monoisotopic (exact) mass is 197 g/mol. The van der Waals surface area contributed by atoms with E-state index in [4.69, 9.17) is 9.84 Å². The fourth-order valence-electron chi connectivity index (χ4n) is 0.967. The Morgan fingerprint density at radius 2 is 2.29 bits per heavy atom. The maximum Gasteiger partial charge on any atom is 0.225 e. The number of nitrogens with zero attached hydrogens (tertiary/aromatic N) is 2. The highest BCUT2D eigenvalue weighted by Gasteiger charge is 2.00. The highest BCUT2D eigenvalue weighted by Crippen LogP contribution is 2.11. The molecule has 0 aliphatic heterocycles. The average molecular weight is 197 g/mol. The molecule has 0 saturated heterocycles. The molecular weight excluding hydrogens is 182 g/mol. The molecule has 0 aliphatic carbocycles. The van der Waals surface area contributed by atoms with Crippen molar-refractivity contribution in [2.45, 2.75) is 13.3 Å². The van der Waals surface area contributed by atoms with E-state index in [-0.39, 0.29) is 6.61 Å². The van der Waals surface area contributed by atoms with Crippen molar-refractivity contribution in [2.24, 2.45) is 0 Å². The zero-order valence-corrected chi connectivity index (χ0v) is 8.45. The second-order valence-corrected chi connectivity index (χ2v) is 2.85. The van der Waals surface area contributed by atoms with Gasteiger partial charge in [0.05, 0.1) is 6.61 Å². The van der Waals surface area contributed by atoms with Crippen LogP contribution in [0.3, 0.4) is 0 Å². The fourth-order valence-corrected chi connectivity index (χ4v) is 0.967. The number of aryl methyl sites for hydroxylation is 1.